The summed E-state index contributed by atoms with van der Waals surface area (Å²) >= 11 is 0. The van der Waals surface area contributed by atoms with Crippen LogP contribution >= 0.6 is 24.0 Å². The van der Waals surface area contributed by atoms with E-state index in [1.165, 1.54) is 19.3 Å². The monoisotopic (exact) mass is 534 g/mol. The van der Waals surface area contributed by atoms with Crippen molar-refractivity contribution in [2.24, 2.45) is 16.3 Å². The molecule has 30 heavy (non-hydrogen) atoms. The molecule has 2 N–H and O–H groups in total. The Morgan fingerprint density at radius 1 is 1.13 bits per heavy atom. The summed E-state index contributed by atoms with van der Waals surface area (Å²) in [4.78, 5) is 19.4. The average Bonchev–Trinajstić information content (AvgIpc) is 2.67. The smallest absolute Gasteiger partial charge is 0.225 e. The first kappa shape index (κ1) is 25.7. The van der Waals surface area contributed by atoms with Crippen LogP contribution in [0.25, 0.3) is 0 Å². The van der Waals surface area contributed by atoms with Crippen molar-refractivity contribution in [2.45, 2.75) is 97.2 Å². The van der Waals surface area contributed by atoms with Crippen molar-refractivity contribution in [3.8, 4) is 0 Å². The van der Waals surface area contributed by atoms with Crippen molar-refractivity contribution >= 4 is 35.8 Å². The van der Waals surface area contributed by atoms with Gasteiger partial charge in [0.15, 0.2) is 5.96 Å². The van der Waals surface area contributed by atoms with Crippen molar-refractivity contribution in [1.29, 1.82) is 0 Å². The maximum absolute atomic E-state index is 12.6. The van der Waals surface area contributed by atoms with Crippen molar-refractivity contribution in [3.63, 3.8) is 0 Å². The number of rotatable bonds is 8. The zero-order valence-electron chi connectivity index (χ0n) is 19.4. The standard InChI is InChI=1S/C23H42N4O2.HI/c1-5-17(6-2)21(28)27-14-10-18(11-15-27)25-22(24-7-3)26-19-16-20(29-8-4)23(19)12-9-13-23;/h17-20H,5-16H2,1-4H3,(H2,24,25,26);1H. The molecule has 2 atom stereocenters. The molecule has 7 heteroatoms. The zero-order valence-corrected chi connectivity index (χ0v) is 21.7. The van der Waals surface area contributed by atoms with E-state index in [2.05, 4.69) is 43.2 Å². The van der Waals surface area contributed by atoms with E-state index in [-0.39, 0.29) is 29.9 Å². The van der Waals surface area contributed by atoms with Gasteiger partial charge in [0.25, 0.3) is 0 Å². The fraction of sp³-hybridized carbons (Fsp3) is 0.913. The molecular weight excluding hydrogens is 491 g/mol. The number of ether oxygens (including phenoxy) is 1. The van der Waals surface area contributed by atoms with Gasteiger partial charge in [-0.2, -0.15) is 0 Å². The Hall–Kier alpha value is -0.570. The lowest BCUT2D eigenvalue weighted by Crippen LogP contribution is -2.69. The number of nitrogens with zero attached hydrogens (tertiary/aromatic N) is 2. The van der Waals surface area contributed by atoms with Gasteiger partial charge in [-0.15, -0.1) is 24.0 Å². The van der Waals surface area contributed by atoms with Crippen LogP contribution < -0.4 is 10.6 Å². The van der Waals surface area contributed by atoms with Crippen LogP contribution in [0.2, 0.25) is 0 Å². The second-order valence-electron chi connectivity index (χ2n) is 9.04. The third-order valence-corrected chi connectivity index (χ3v) is 7.55. The second-order valence-corrected chi connectivity index (χ2v) is 9.04. The molecule has 0 bridgehead atoms. The number of aliphatic imine (C=N–C) groups is 1. The summed E-state index contributed by atoms with van der Waals surface area (Å²) < 4.78 is 5.99. The van der Waals surface area contributed by atoms with Gasteiger partial charge in [-0.25, -0.2) is 0 Å². The van der Waals surface area contributed by atoms with E-state index in [1.54, 1.807) is 0 Å². The SMILES string of the molecule is CCN=C(NC1CCN(C(=O)C(CC)CC)CC1)NC1CC(OCC)C12CCC2.I. The maximum Gasteiger partial charge on any atom is 0.225 e. The van der Waals surface area contributed by atoms with Gasteiger partial charge in [0.05, 0.1) is 6.10 Å². The number of carbonyl (C=O) groups excluding carboxylic acids is 1. The first-order valence-corrected chi connectivity index (χ1v) is 12.1. The number of hydrogen-bond acceptors (Lipinski definition) is 3. The van der Waals surface area contributed by atoms with Gasteiger partial charge in [-0.05, 0) is 58.8 Å². The number of likely N-dealkylation sites (tertiary alicyclic amines) is 1. The Balaban J connectivity index is 0.00000320. The summed E-state index contributed by atoms with van der Waals surface area (Å²) in [6.45, 7) is 11.7. The molecule has 1 heterocycles. The molecule has 3 aliphatic rings. The molecular formula is C23H43IN4O2. The molecule has 0 aromatic heterocycles. The van der Waals surface area contributed by atoms with Gasteiger partial charge in [-0.3, -0.25) is 9.79 Å². The van der Waals surface area contributed by atoms with E-state index in [1.807, 2.05) is 0 Å². The Bertz CT molecular complexity index is 570. The molecule has 1 amide bonds. The Kier molecular flexibility index (Phi) is 10.2. The molecule has 0 aromatic rings. The zero-order chi connectivity index (χ0) is 20.9. The van der Waals surface area contributed by atoms with E-state index in [0.717, 1.165) is 64.3 Å². The molecule has 3 rings (SSSR count). The van der Waals surface area contributed by atoms with Crippen LogP contribution in [0.1, 0.15) is 79.1 Å². The molecule has 2 saturated carbocycles. The molecule has 2 aliphatic carbocycles. The predicted octanol–water partition coefficient (Wildman–Crippen LogP) is 3.93. The van der Waals surface area contributed by atoms with E-state index < -0.39 is 0 Å². The minimum Gasteiger partial charge on any atom is -0.378 e. The number of amides is 1. The van der Waals surface area contributed by atoms with Crippen molar-refractivity contribution in [3.05, 3.63) is 0 Å². The minimum absolute atomic E-state index is 0. The lowest BCUT2D eigenvalue weighted by Gasteiger charge is -2.61. The highest BCUT2D eigenvalue weighted by Gasteiger charge is 2.59. The number of guanidine groups is 1. The Morgan fingerprint density at radius 3 is 2.30 bits per heavy atom. The van der Waals surface area contributed by atoms with Gasteiger partial charge in [0.2, 0.25) is 5.91 Å². The summed E-state index contributed by atoms with van der Waals surface area (Å²) in [5.74, 6) is 1.48. The van der Waals surface area contributed by atoms with Crippen LogP contribution in [-0.4, -0.2) is 61.2 Å². The molecule has 1 saturated heterocycles. The molecule has 6 nitrogen and oxygen atoms in total. The first-order valence-electron chi connectivity index (χ1n) is 12.1. The summed E-state index contributed by atoms with van der Waals surface area (Å²) in [6, 6.07) is 0.862. The number of halogens is 1. The van der Waals surface area contributed by atoms with E-state index in [9.17, 15) is 4.79 Å². The summed E-state index contributed by atoms with van der Waals surface area (Å²) in [7, 11) is 0. The summed E-state index contributed by atoms with van der Waals surface area (Å²) in [6.07, 6.45) is 9.23. The fourth-order valence-corrected chi connectivity index (χ4v) is 5.43. The van der Waals surface area contributed by atoms with Crippen molar-refractivity contribution in [2.75, 3.05) is 26.2 Å². The van der Waals surface area contributed by atoms with Gasteiger partial charge in [-0.1, -0.05) is 20.3 Å². The lowest BCUT2D eigenvalue weighted by molar-refractivity contribution is -0.168. The first-order chi connectivity index (χ1) is 14.1. The Labute approximate surface area is 200 Å². The van der Waals surface area contributed by atoms with E-state index >= 15 is 0 Å². The van der Waals surface area contributed by atoms with Crippen molar-refractivity contribution in [1.82, 2.24) is 15.5 Å². The molecule has 2 unspecified atom stereocenters. The van der Waals surface area contributed by atoms with Gasteiger partial charge in [0, 0.05) is 49.7 Å². The largest absolute Gasteiger partial charge is 0.378 e. The van der Waals surface area contributed by atoms with Crippen LogP contribution in [0, 0.1) is 11.3 Å². The summed E-state index contributed by atoms with van der Waals surface area (Å²) in [5.41, 5.74) is 0.331. The maximum atomic E-state index is 12.6. The third-order valence-electron chi connectivity index (χ3n) is 7.55. The molecule has 0 aromatic carbocycles. The quantitative estimate of drug-likeness (QED) is 0.282. The van der Waals surface area contributed by atoms with Crippen LogP contribution in [0.4, 0.5) is 0 Å². The highest BCUT2D eigenvalue weighted by molar-refractivity contribution is 14.0. The van der Waals surface area contributed by atoms with Crippen LogP contribution in [-0.2, 0) is 9.53 Å². The minimum atomic E-state index is 0. The van der Waals surface area contributed by atoms with Gasteiger partial charge >= 0.3 is 0 Å². The molecule has 0 radical (unpaired) electrons. The topological polar surface area (TPSA) is 66.0 Å². The van der Waals surface area contributed by atoms with Crippen molar-refractivity contribution < 1.29 is 9.53 Å². The predicted molar refractivity (Wildman–Crippen MR) is 133 cm³/mol. The normalized spacial score (nSPS) is 26.0. The number of nitrogens with one attached hydrogen (secondary N) is 2. The molecule has 1 aliphatic heterocycles. The van der Waals surface area contributed by atoms with E-state index in [0.29, 0.717) is 29.5 Å². The number of carbonyl (C=O) groups is 1. The van der Waals surface area contributed by atoms with Crippen LogP contribution in [0.15, 0.2) is 4.99 Å². The summed E-state index contributed by atoms with van der Waals surface area (Å²) in [5, 5.41) is 7.40. The second kappa shape index (κ2) is 11.9. The van der Waals surface area contributed by atoms with Gasteiger partial charge in [0.1, 0.15) is 0 Å². The average molecular weight is 535 g/mol. The Morgan fingerprint density at radius 2 is 1.80 bits per heavy atom. The highest BCUT2D eigenvalue weighted by Crippen LogP contribution is 2.57. The molecule has 3 fully saturated rings. The third kappa shape index (κ3) is 5.43. The van der Waals surface area contributed by atoms with Crippen LogP contribution in [0.3, 0.4) is 0 Å². The number of hydrogen-bond donors (Lipinski definition) is 2. The lowest BCUT2D eigenvalue weighted by atomic mass is 9.51. The fourth-order valence-electron chi connectivity index (χ4n) is 5.43. The molecule has 1 spiro atoms. The highest BCUT2D eigenvalue weighted by atomic mass is 127. The molecule has 174 valence electrons. The number of piperidine rings is 1. The van der Waals surface area contributed by atoms with Crippen LogP contribution in [0.5, 0.6) is 0 Å². The van der Waals surface area contributed by atoms with E-state index in [4.69, 9.17) is 9.73 Å². The van der Waals surface area contributed by atoms with Gasteiger partial charge < -0.3 is 20.3 Å².